The Morgan fingerprint density at radius 2 is 1.92 bits per heavy atom. The molecule has 0 aliphatic heterocycles. The lowest BCUT2D eigenvalue weighted by atomic mass is 10.2. The Kier molecular flexibility index (Phi) is 7.95. The third-order valence-electron chi connectivity index (χ3n) is 3.45. The largest absolute Gasteiger partial charge is 0.497 e. The molecule has 2 rings (SSSR count). The number of amides is 1. The van der Waals surface area contributed by atoms with Gasteiger partial charge in [-0.05, 0) is 36.8 Å². The van der Waals surface area contributed by atoms with Gasteiger partial charge in [0.25, 0.3) is 5.91 Å². The third-order valence-corrected chi connectivity index (χ3v) is 4.73. The zero-order valence-electron chi connectivity index (χ0n) is 14.3. The van der Waals surface area contributed by atoms with E-state index in [0.717, 1.165) is 16.5 Å². The topological polar surface area (TPSA) is 47.6 Å². The van der Waals surface area contributed by atoms with Crippen LogP contribution in [0.1, 0.15) is 12.5 Å². The molecule has 1 amide bonds. The lowest BCUT2D eigenvalue weighted by Gasteiger charge is -2.15. The number of hydrogen-bond acceptors (Lipinski definition) is 4. The van der Waals surface area contributed by atoms with Gasteiger partial charge in [0.05, 0.1) is 7.11 Å². The van der Waals surface area contributed by atoms with Crippen LogP contribution >= 0.6 is 23.4 Å². The number of thioether (sulfide) groups is 1. The summed E-state index contributed by atoms with van der Waals surface area (Å²) in [4.78, 5) is 12.1. The molecule has 0 aliphatic rings. The van der Waals surface area contributed by atoms with Crippen LogP contribution in [0, 0.1) is 0 Å². The van der Waals surface area contributed by atoms with Crippen molar-refractivity contribution in [1.82, 2.24) is 5.32 Å². The van der Waals surface area contributed by atoms with Gasteiger partial charge in [-0.2, -0.15) is 11.8 Å². The van der Waals surface area contributed by atoms with Crippen LogP contribution in [-0.4, -0.2) is 31.4 Å². The van der Waals surface area contributed by atoms with Crippen LogP contribution in [0.3, 0.4) is 0 Å². The van der Waals surface area contributed by atoms with Gasteiger partial charge in [0.2, 0.25) is 0 Å². The van der Waals surface area contributed by atoms with Gasteiger partial charge in [0, 0.05) is 29.1 Å². The van der Waals surface area contributed by atoms with E-state index in [1.54, 1.807) is 37.9 Å². The minimum atomic E-state index is -0.562. The molecule has 0 aliphatic carbocycles. The van der Waals surface area contributed by atoms with Crippen LogP contribution in [0.2, 0.25) is 5.02 Å². The van der Waals surface area contributed by atoms with Gasteiger partial charge >= 0.3 is 0 Å². The van der Waals surface area contributed by atoms with Crippen molar-refractivity contribution < 1.29 is 14.3 Å². The van der Waals surface area contributed by atoms with Gasteiger partial charge < -0.3 is 14.8 Å². The van der Waals surface area contributed by atoms with Crippen LogP contribution in [0.4, 0.5) is 0 Å². The lowest BCUT2D eigenvalue weighted by molar-refractivity contribution is -0.127. The Morgan fingerprint density at radius 1 is 1.20 bits per heavy atom. The normalized spacial score (nSPS) is 11.6. The average molecular weight is 380 g/mol. The van der Waals surface area contributed by atoms with E-state index < -0.39 is 6.10 Å². The fourth-order valence-electron chi connectivity index (χ4n) is 2.09. The summed E-state index contributed by atoms with van der Waals surface area (Å²) in [6, 6.07) is 15.0. The maximum Gasteiger partial charge on any atom is 0.260 e. The summed E-state index contributed by atoms with van der Waals surface area (Å²) in [6.07, 6.45) is -0.562. The molecule has 2 aromatic carbocycles. The first-order valence-corrected chi connectivity index (χ1v) is 9.52. The summed E-state index contributed by atoms with van der Waals surface area (Å²) in [5, 5.41) is 3.63. The molecular weight excluding hydrogens is 358 g/mol. The molecule has 1 atom stereocenters. The van der Waals surface area contributed by atoms with Crippen molar-refractivity contribution in [2.45, 2.75) is 18.8 Å². The standard InChI is InChI=1S/C19H22ClNO3S/c1-14(24-18-5-3-4-17(12-18)23-2)19(22)21-10-11-25-13-15-6-8-16(20)9-7-15/h3-9,12,14H,10-11,13H2,1-2H3,(H,21,22)/t14-/m1/s1. The van der Waals surface area contributed by atoms with E-state index >= 15 is 0 Å². The molecule has 134 valence electrons. The molecule has 0 bridgehead atoms. The summed E-state index contributed by atoms with van der Waals surface area (Å²) in [5.74, 6) is 2.90. The molecule has 4 nitrogen and oxygen atoms in total. The van der Waals surface area contributed by atoms with Crippen molar-refractivity contribution in [3.63, 3.8) is 0 Å². The zero-order chi connectivity index (χ0) is 18.1. The molecule has 0 unspecified atom stereocenters. The second-order valence-electron chi connectivity index (χ2n) is 5.41. The van der Waals surface area contributed by atoms with Gasteiger partial charge in [-0.1, -0.05) is 29.8 Å². The van der Waals surface area contributed by atoms with Gasteiger partial charge in [0.15, 0.2) is 6.10 Å². The molecule has 0 fully saturated rings. The highest BCUT2D eigenvalue weighted by atomic mass is 35.5. The molecule has 0 radical (unpaired) electrons. The quantitative estimate of drug-likeness (QED) is 0.664. The minimum absolute atomic E-state index is 0.130. The number of nitrogens with one attached hydrogen (secondary N) is 1. The molecule has 0 spiro atoms. The average Bonchev–Trinajstić information content (AvgIpc) is 2.63. The SMILES string of the molecule is COc1cccc(O[C@H](C)C(=O)NCCSCc2ccc(Cl)cc2)c1. The molecule has 25 heavy (non-hydrogen) atoms. The Morgan fingerprint density at radius 3 is 2.64 bits per heavy atom. The summed E-state index contributed by atoms with van der Waals surface area (Å²) < 4.78 is 10.8. The van der Waals surface area contributed by atoms with Crippen LogP contribution in [0.15, 0.2) is 48.5 Å². The molecule has 0 heterocycles. The molecule has 6 heteroatoms. The number of halogens is 1. The number of benzene rings is 2. The second kappa shape index (κ2) is 10.2. The van der Waals surface area contributed by atoms with Crippen molar-refractivity contribution in [1.29, 1.82) is 0 Å². The fourth-order valence-corrected chi connectivity index (χ4v) is 3.04. The first-order valence-electron chi connectivity index (χ1n) is 7.99. The molecule has 1 N–H and O–H groups in total. The van der Waals surface area contributed by atoms with E-state index in [1.165, 1.54) is 5.56 Å². The highest BCUT2D eigenvalue weighted by Crippen LogP contribution is 2.20. The maximum atomic E-state index is 12.1. The smallest absolute Gasteiger partial charge is 0.260 e. The molecule has 0 saturated carbocycles. The summed E-state index contributed by atoms with van der Waals surface area (Å²) >= 11 is 7.62. The van der Waals surface area contributed by atoms with Gasteiger partial charge in [0.1, 0.15) is 11.5 Å². The van der Waals surface area contributed by atoms with E-state index in [9.17, 15) is 4.79 Å². The Balaban J connectivity index is 1.66. The van der Waals surface area contributed by atoms with Crippen molar-refractivity contribution >= 4 is 29.3 Å². The van der Waals surface area contributed by atoms with Crippen LogP contribution in [0.25, 0.3) is 0 Å². The summed E-state index contributed by atoms with van der Waals surface area (Å²) in [5.41, 5.74) is 1.22. The Bertz CT molecular complexity index is 679. The predicted molar refractivity (Wildman–Crippen MR) is 104 cm³/mol. The van der Waals surface area contributed by atoms with E-state index in [2.05, 4.69) is 5.32 Å². The lowest BCUT2D eigenvalue weighted by Crippen LogP contribution is -2.37. The number of rotatable bonds is 9. The highest BCUT2D eigenvalue weighted by molar-refractivity contribution is 7.98. The van der Waals surface area contributed by atoms with E-state index in [1.807, 2.05) is 36.4 Å². The zero-order valence-corrected chi connectivity index (χ0v) is 15.9. The van der Waals surface area contributed by atoms with E-state index in [4.69, 9.17) is 21.1 Å². The minimum Gasteiger partial charge on any atom is -0.497 e. The Labute approximate surface area is 157 Å². The monoisotopic (exact) mass is 379 g/mol. The highest BCUT2D eigenvalue weighted by Gasteiger charge is 2.14. The third kappa shape index (κ3) is 6.88. The van der Waals surface area contributed by atoms with Crippen molar-refractivity contribution in [3.8, 4) is 11.5 Å². The van der Waals surface area contributed by atoms with Gasteiger partial charge in [-0.15, -0.1) is 0 Å². The van der Waals surface area contributed by atoms with Crippen molar-refractivity contribution in [2.75, 3.05) is 19.4 Å². The van der Waals surface area contributed by atoms with Crippen LogP contribution in [-0.2, 0) is 10.5 Å². The Hall–Kier alpha value is -1.85. The van der Waals surface area contributed by atoms with Crippen molar-refractivity contribution in [2.24, 2.45) is 0 Å². The maximum absolute atomic E-state index is 12.1. The van der Waals surface area contributed by atoms with Crippen molar-refractivity contribution in [3.05, 3.63) is 59.1 Å². The fraction of sp³-hybridized carbons (Fsp3) is 0.316. The molecule has 0 aromatic heterocycles. The predicted octanol–water partition coefficient (Wildman–Crippen LogP) is 4.17. The second-order valence-corrected chi connectivity index (χ2v) is 6.95. The first kappa shape index (κ1) is 19.5. The number of ether oxygens (including phenoxy) is 2. The number of methoxy groups -OCH3 is 1. The number of hydrogen-bond donors (Lipinski definition) is 1. The molecular formula is C19H22ClNO3S. The number of carbonyl (C=O) groups excluding carboxylic acids is 1. The van der Waals surface area contributed by atoms with Crippen LogP contribution in [0.5, 0.6) is 11.5 Å². The first-order chi connectivity index (χ1) is 12.1. The van der Waals surface area contributed by atoms with Crippen LogP contribution < -0.4 is 14.8 Å². The van der Waals surface area contributed by atoms with Gasteiger partial charge in [-0.25, -0.2) is 0 Å². The molecule has 2 aromatic rings. The number of carbonyl (C=O) groups is 1. The summed E-state index contributed by atoms with van der Waals surface area (Å²) in [6.45, 7) is 2.33. The molecule has 0 saturated heterocycles. The summed E-state index contributed by atoms with van der Waals surface area (Å²) in [7, 11) is 1.59. The van der Waals surface area contributed by atoms with Gasteiger partial charge in [-0.3, -0.25) is 4.79 Å². The van der Waals surface area contributed by atoms with E-state index in [-0.39, 0.29) is 5.91 Å². The van der Waals surface area contributed by atoms with E-state index in [0.29, 0.717) is 18.0 Å².